The number of carbonyl (C=O) groups is 1. The van der Waals surface area contributed by atoms with Crippen LogP contribution in [0.15, 0.2) is 39.8 Å². The first-order valence-corrected chi connectivity index (χ1v) is 10.8. The molecular formula is C19H26N4O4S. The molecule has 0 saturated carbocycles. The molecule has 0 aliphatic carbocycles. The first-order chi connectivity index (χ1) is 13.3. The summed E-state index contributed by atoms with van der Waals surface area (Å²) in [5, 5.41) is 6.31. The Bertz CT molecular complexity index is 902. The summed E-state index contributed by atoms with van der Waals surface area (Å²) in [6.45, 7) is 6.10. The van der Waals surface area contributed by atoms with Gasteiger partial charge >= 0.3 is 0 Å². The van der Waals surface area contributed by atoms with Crippen molar-refractivity contribution in [2.45, 2.75) is 31.6 Å². The number of amides is 1. The van der Waals surface area contributed by atoms with Crippen molar-refractivity contribution in [2.75, 3.05) is 38.0 Å². The topological polar surface area (TPSA) is 95.8 Å². The third-order valence-electron chi connectivity index (χ3n) is 4.74. The third kappa shape index (κ3) is 5.18. The van der Waals surface area contributed by atoms with E-state index in [2.05, 4.69) is 15.4 Å². The number of hydrogen-bond donors (Lipinski definition) is 1. The van der Waals surface area contributed by atoms with Crippen molar-refractivity contribution in [1.82, 2.24) is 14.4 Å². The summed E-state index contributed by atoms with van der Waals surface area (Å²) < 4.78 is 32.4. The van der Waals surface area contributed by atoms with Crippen LogP contribution in [0.3, 0.4) is 0 Å². The summed E-state index contributed by atoms with van der Waals surface area (Å²) in [4.78, 5) is 14.9. The number of nitrogens with one attached hydrogen (secondary N) is 1. The molecule has 0 atom stereocenters. The summed E-state index contributed by atoms with van der Waals surface area (Å²) >= 11 is 0. The van der Waals surface area contributed by atoms with E-state index in [0.29, 0.717) is 12.3 Å². The van der Waals surface area contributed by atoms with E-state index in [1.807, 2.05) is 6.92 Å². The molecule has 1 aliphatic rings. The minimum Gasteiger partial charge on any atom is -0.360 e. The van der Waals surface area contributed by atoms with Crippen LogP contribution in [0.4, 0.5) is 5.82 Å². The van der Waals surface area contributed by atoms with E-state index in [1.165, 1.54) is 4.31 Å². The highest BCUT2D eigenvalue weighted by molar-refractivity contribution is 7.89. The summed E-state index contributed by atoms with van der Waals surface area (Å²) in [5.74, 6) is 0.383. The lowest BCUT2D eigenvalue weighted by Crippen LogP contribution is -2.42. The van der Waals surface area contributed by atoms with E-state index in [1.54, 1.807) is 37.3 Å². The van der Waals surface area contributed by atoms with Crippen LogP contribution in [0.1, 0.15) is 24.2 Å². The summed E-state index contributed by atoms with van der Waals surface area (Å²) in [7, 11) is -3.79. The predicted octanol–water partition coefficient (Wildman–Crippen LogP) is 2.02. The SMILES string of the molecule is Cc1ccc(S(=O)(=O)N(CCN2CCCC2)CC(=O)Nc2cc(C)on2)cc1. The van der Waals surface area contributed by atoms with Crippen molar-refractivity contribution in [1.29, 1.82) is 0 Å². The van der Waals surface area contributed by atoms with Crippen LogP contribution in [0, 0.1) is 13.8 Å². The van der Waals surface area contributed by atoms with Gasteiger partial charge in [-0.25, -0.2) is 8.42 Å². The van der Waals surface area contributed by atoms with Gasteiger partial charge in [-0.3, -0.25) is 4.79 Å². The smallest absolute Gasteiger partial charge is 0.243 e. The summed E-state index contributed by atoms with van der Waals surface area (Å²) in [5.41, 5.74) is 0.974. The largest absolute Gasteiger partial charge is 0.360 e. The molecule has 1 fully saturated rings. The lowest BCUT2D eigenvalue weighted by Gasteiger charge is -2.24. The van der Waals surface area contributed by atoms with Gasteiger partial charge in [-0.2, -0.15) is 4.31 Å². The molecule has 0 bridgehead atoms. The van der Waals surface area contributed by atoms with Gasteiger partial charge in [0.05, 0.1) is 11.4 Å². The van der Waals surface area contributed by atoms with Gasteiger partial charge in [-0.15, -0.1) is 0 Å². The van der Waals surface area contributed by atoms with Gasteiger partial charge in [-0.05, 0) is 51.9 Å². The number of hydrogen-bond acceptors (Lipinski definition) is 6. The molecule has 0 spiro atoms. The highest BCUT2D eigenvalue weighted by atomic mass is 32.2. The Kier molecular flexibility index (Phi) is 6.48. The first-order valence-electron chi connectivity index (χ1n) is 9.37. The first kappa shape index (κ1) is 20.5. The van der Waals surface area contributed by atoms with Crippen molar-refractivity contribution in [3.63, 3.8) is 0 Å². The zero-order chi connectivity index (χ0) is 20.1. The van der Waals surface area contributed by atoms with Crippen LogP contribution < -0.4 is 5.32 Å². The number of anilines is 1. The van der Waals surface area contributed by atoms with Crippen molar-refractivity contribution < 1.29 is 17.7 Å². The average Bonchev–Trinajstić information content (AvgIpc) is 3.30. The Morgan fingerprint density at radius 2 is 1.89 bits per heavy atom. The van der Waals surface area contributed by atoms with Crippen molar-refractivity contribution in [2.24, 2.45) is 0 Å². The Morgan fingerprint density at radius 1 is 1.21 bits per heavy atom. The van der Waals surface area contributed by atoms with Crippen molar-refractivity contribution in [3.8, 4) is 0 Å². The Morgan fingerprint density at radius 3 is 2.50 bits per heavy atom. The number of benzene rings is 1. The highest BCUT2D eigenvalue weighted by Gasteiger charge is 2.27. The molecule has 1 saturated heterocycles. The number of nitrogens with zero attached hydrogens (tertiary/aromatic N) is 3. The molecule has 2 aromatic rings. The average molecular weight is 407 g/mol. The van der Waals surface area contributed by atoms with Gasteiger partial charge in [0.15, 0.2) is 5.82 Å². The maximum atomic E-state index is 13.1. The van der Waals surface area contributed by atoms with Gasteiger partial charge in [0, 0.05) is 19.2 Å². The number of sulfonamides is 1. The minimum absolute atomic E-state index is 0.185. The molecule has 2 heterocycles. The second-order valence-electron chi connectivity index (χ2n) is 7.07. The molecule has 1 aliphatic heterocycles. The maximum absolute atomic E-state index is 13.1. The minimum atomic E-state index is -3.79. The van der Waals surface area contributed by atoms with Gasteiger partial charge < -0.3 is 14.7 Å². The molecule has 152 valence electrons. The van der Waals surface area contributed by atoms with Crippen LogP contribution >= 0.6 is 0 Å². The lowest BCUT2D eigenvalue weighted by molar-refractivity contribution is -0.116. The number of aryl methyl sites for hydroxylation is 2. The van der Waals surface area contributed by atoms with Gasteiger partial charge in [0.2, 0.25) is 15.9 Å². The summed E-state index contributed by atoms with van der Waals surface area (Å²) in [6.07, 6.45) is 2.24. The lowest BCUT2D eigenvalue weighted by atomic mass is 10.2. The Hall–Kier alpha value is -2.23. The molecule has 9 heteroatoms. The molecule has 8 nitrogen and oxygen atoms in total. The monoisotopic (exact) mass is 406 g/mol. The predicted molar refractivity (Wildman–Crippen MR) is 105 cm³/mol. The number of carbonyl (C=O) groups excluding carboxylic acids is 1. The summed E-state index contributed by atoms with van der Waals surface area (Å²) in [6, 6.07) is 8.24. The van der Waals surface area contributed by atoms with E-state index >= 15 is 0 Å². The quantitative estimate of drug-likeness (QED) is 0.721. The number of likely N-dealkylation sites (tertiary alicyclic amines) is 1. The van der Waals surface area contributed by atoms with Gasteiger partial charge in [-0.1, -0.05) is 22.9 Å². The second kappa shape index (κ2) is 8.85. The van der Waals surface area contributed by atoms with Crippen LogP contribution in [-0.4, -0.2) is 61.4 Å². The molecular weight excluding hydrogens is 380 g/mol. The molecule has 1 aromatic carbocycles. The molecule has 3 rings (SSSR count). The Balaban J connectivity index is 1.74. The zero-order valence-corrected chi connectivity index (χ0v) is 17.0. The fourth-order valence-corrected chi connectivity index (χ4v) is 4.56. The second-order valence-corrected chi connectivity index (χ2v) is 9.01. The van der Waals surface area contributed by atoms with Crippen molar-refractivity contribution >= 4 is 21.7 Å². The fraction of sp³-hybridized carbons (Fsp3) is 0.474. The number of rotatable bonds is 8. The van der Waals surface area contributed by atoms with Gasteiger partial charge in [0.1, 0.15) is 5.76 Å². The molecule has 28 heavy (non-hydrogen) atoms. The molecule has 1 amide bonds. The molecule has 0 unspecified atom stereocenters. The Labute approximate surface area is 165 Å². The highest BCUT2D eigenvalue weighted by Crippen LogP contribution is 2.17. The van der Waals surface area contributed by atoms with Crippen LogP contribution in [-0.2, 0) is 14.8 Å². The van der Waals surface area contributed by atoms with E-state index in [9.17, 15) is 13.2 Å². The normalized spacial score (nSPS) is 15.2. The van der Waals surface area contributed by atoms with Crippen LogP contribution in [0.2, 0.25) is 0 Å². The third-order valence-corrected chi connectivity index (χ3v) is 6.60. The van der Waals surface area contributed by atoms with Crippen LogP contribution in [0.25, 0.3) is 0 Å². The molecule has 0 radical (unpaired) electrons. The van der Waals surface area contributed by atoms with E-state index in [4.69, 9.17) is 4.52 Å². The molecule has 1 N–H and O–H groups in total. The molecule has 1 aromatic heterocycles. The fourth-order valence-electron chi connectivity index (χ4n) is 3.17. The van der Waals surface area contributed by atoms with Crippen LogP contribution in [0.5, 0.6) is 0 Å². The maximum Gasteiger partial charge on any atom is 0.243 e. The van der Waals surface area contributed by atoms with E-state index < -0.39 is 15.9 Å². The van der Waals surface area contributed by atoms with E-state index in [-0.39, 0.29) is 23.8 Å². The van der Waals surface area contributed by atoms with E-state index in [0.717, 1.165) is 31.5 Å². The number of aromatic nitrogens is 1. The zero-order valence-electron chi connectivity index (χ0n) is 16.2. The standard InChI is InChI=1S/C19H26N4O4S/c1-15-5-7-17(8-6-15)28(25,26)23(12-11-22-9-3-4-10-22)14-19(24)20-18-13-16(2)27-21-18/h5-8,13H,3-4,9-12,14H2,1-2H3,(H,20,21,24). The van der Waals surface area contributed by atoms with Crippen molar-refractivity contribution in [3.05, 3.63) is 41.7 Å². The van der Waals surface area contributed by atoms with Gasteiger partial charge in [0.25, 0.3) is 0 Å².